The quantitative estimate of drug-likeness (QED) is 0.291. The van der Waals surface area contributed by atoms with Crippen LogP contribution in [0.15, 0.2) is 48.5 Å². The molecule has 2 heterocycles. The Morgan fingerprint density at radius 1 is 1.18 bits per heavy atom. The molecule has 39 heavy (non-hydrogen) atoms. The summed E-state index contributed by atoms with van der Waals surface area (Å²) in [6.45, 7) is 3.90. The summed E-state index contributed by atoms with van der Waals surface area (Å²) in [7, 11) is 1.50. The molecule has 0 radical (unpaired) electrons. The van der Waals surface area contributed by atoms with E-state index in [9.17, 15) is 18.0 Å². The summed E-state index contributed by atoms with van der Waals surface area (Å²) < 4.78 is 52.0. The Bertz CT molecular complexity index is 1320. The highest BCUT2D eigenvalue weighted by molar-refractivity contribution is 5.90. The number of alkyl halides is 3. The number of ether oxygens (including phenoxy) is 2. The molecule has 2 amide bonds. The van der Waals surface area contributed by atoms with Gasteiger partial charge in [-0.2, -0.15) is 13.2 Å². The van der Waals surface area contributed by atoms with Gasteiger partial charge in [-0.1, -0.05) is 24.3 Å². The Morgan fingerprint density at radius 3 is 2.56 bits per heavy atom. The summed E-state index contributed by atoms with van der Waals surface area (Å²) >= 11 is 0. The first-order valence-corrected chi connectivity index (χ1v) is 12.7. The zero-order valence-corrected chi connectivity index (χ0v) is 21.7. The number of methoxy groups -OCH3 is 1. The second kappa shape index (κ2) is 10.8. The van der Waals surface area contributed by atoms with Crippen LogP contribution in [0.1, 0.15) is 29.5 Å². The van der Waals surface area contributed by atoms with E-state index in [1.807, 2.05) is 37.3 Å². The average Bonchev–Trinajstić information content (AvgIpc) is 3.14. The molecule has 4 N–H and O–H groups in total. The zero-order chi connectivity index (χ0) is 27.6. The van der Waals surface area contributed by atoms with Crippen molar-refractivity contribution in [1.82, 2.24) is 20.4 Å². The topological polar surface area (TPSA) is 101 Å². The average molecular weight is 545 g/mol. The van der Waals surface area contributed by atoms with Gasteiger partial charge in [0.15, 0.2) is 0 Å². The van der Waals surface area contributed by atoms with Gasteiger partial charge in [0.2, 0.25) is 5.88 Å². The normalized spacial score (nSPS) is 16.3. The second-order valence-electron chi connectivity index (χ2n) is 10.1. The number of carbonyl (C=O) groups is 1. The molecular weight excluding hydrogens is 513 g/mol. The Balaban J connectivity index is 1.32. The van der Waals surface area contributed by atoms with Crippen LogP contribution in [0.3, 0.4) is 0 Å². The molecule has 1 aromatic heterocycles. The van der Waals surface area contributed by atoms with E-state index in [1.165, 1.54) is 24.6 Å². The summed E-state index contributed by atoms with van der Waals surface area (Å²) in [5.74, 6) is 0.847. The van der Waals surface area contributed by atoms with Gasteiger partial charge < -0.3 is 20.1 Å². The molecule has 9 nitrogen and oxygen atoms in total. The number of urea groups is 1. The van der Waals surface area contributed by atoms with Crippen molar-refractivity contribution < 1.29 is 27.4 Å². The third-order valence-corrected chi connectivity index (χ3v) is 7.11. The van der Waals surface area contributed by atoms with Crippen LogP contribution in [-0.2, 0) is 17.9 Å². The molecule has 0 unspecified atom stereocenters. The molecule has 0 bridgehead atoms. The Morgan fingerprint density at radius 2 is 1.92 bits per heavy atom. The van der Waals surface area contributed by atoms with E-state index < -0.39 is 12.3 Å². The number of hydrogen-bond acceptors (Lipinski definition) is 6. The first kappa shape index (κ1) is 26.8. The van der Waals surface area contributed by atoms with Crippen LogP contribution in [0.25, 0.3) is 5.69 Å². The summed E-state index contributed by atoms with van der Waals surface area (Å²) in [5, 5.41) is 15.0. The maximum atomic E-state index is 13.0. The molecule has 1 spiro atoms. The summed E-state index contributed by atoms with van der Waals surface area (Å²) in [6.07, 6.45) is -2.65. The number of anilines is 2. The van der Waals surface area contributed by atoms with E-state index in [4.69, 9.17) is 9.47 Å². The third kappa shape index (κ3) is 6.12. The largest absolute Gasteiger partial charge is 0.482 e. The molecule has 2 aromatic carbocycles. The first-order chi connectivity index (χ1) is 18.6. The van der Waals surface area contributed by atoms with Crippen molar-refractivity contribution in [2.45, 2.75) is 45.3 Å². The Hall–Kier alpha value is -3.77. The van der Waals surface area contributed by atoms with Gasteiger partial charge >= 0.3 is 12.3 Å². The minimum atomic E-state index is -4.62. The number of benzene rings is 2. The second-order valence-corrected chi connectivity index (χ2v) is 10.1. The zero-order valence-electron chi connectivity index (χ0n) is 21.7. The molecule has 2 fully saturated rings. The number of rotatable bonds is 9. The van der Waals surface area contributed by atoms with E-state index in [0.717, 1.165) is 31.6 Å². The highest BCUT2D eigenvalue weighted by Gasteiger charge is 2.50. The standard InChI is InChI=1S/C27H31F3N6O3/c1-17-23(33-25(37)32-13-19-10-18(14-38-2)8-9-22(19)34-27(28,29)30)36(20-6-4-3-5-7-20)35-24(17)39-21-11-26(12-21)15-31-16-26/h3-10,21,31,34H,11-16H2,1-2H3,(H2,32,33,37). The number of aromatic nitrogens is 2. The fraction of sp³-hybridized carbons (Fsp3) is 0.407. The lowest BCUT2D eigenvalue weighted by atomic mass is 9.63. The molecule has 2 aliphatic rings. The van der Waals surface area contributed by atoms with Crippen molar-refractivity contribution in [3.63, 3.8) is 0 Å². The van der Waals surface area contributed by atoms with Crippen molar-refractivity contribution >= 4 is 17.5 Å². The van der Waals surface area contributed by atoms with Crippen LogP contribution < -0.4 is 26.0 Å². The smallest absolute Gasteiger partial charge is 0.473 e. The molecule has 12 heteroatoms. The number of carbonyl (C=O) groups excluding carboxylic acids is 1. The van der Waals surface area contributed by atoms with Crippen LogP contribution in [-0.4, -0.2) is 48.4 Å². The van der Waals surface area contributed by atoms with Crippen LogP contribution in [0.2, 0.25) is 0 Å². The van der Waals surface area contributed by atoms with Gasteiger partial charge in [-0.05, 0) is 55.2 Å². The highest BCUT2D eigenvalue weighted by Crippen LogP contribution is 2.46. The fourth-order valence-electron chi connectivity index (χ4n) is 5.06. The van der Waals surface area contributed by atoms with Crippen molar-refractivity contribution in [2.75, 3.05) is 30.8 Å². The predicted octanol–water partition coefficient (Wildman–Crippen LogP) is 4.71. The monoisotopic (exact) mass is 544 g/mol. The van der Waals surface area contributed by atoms with Gasteiger partial charge in [-0.15, -0.1) is 5.10 Å². The van der Waals surface area contributed by atoms with Gasteiger partial charge in [0.05, 0.1) is 17.9 Å². The Kier molecular flexibility index (Phi) is 7.41. The number of hydrogen-bond donors (Lipinski definition) is 4. The SMILES string of the molecule is COCc1ccc(NC(F)(F)F)c(CNC(=O)Nc2c(C)c(OC3CC4(CNC4)C3)nn2-c2ccccc2)c1. The van der Waals surface area contributed by atoms with Crippen LogP contribution in [0.5, 0.6) is 5.88 Å². The number of nitrogens with one attached hydrogen (secondary N) is 4. The molecule has 1 aliphatic carbocycles. The van der Waals surface area contributed by atoms with Gasteiger partial charge in [-0.3, -0.25) is 10.6 Å². The molecule has 3 aromatic rings. The maximum Gasteiger partial charge on any atom is 0.482 e. The van der Waals surface area contributed by atoms with Crippen molar-refractivity contribution in [3.8, 4) is 11.6 Å². The van der Waals surface area contributed by atoms with Gasteiger partial charge in [0.1, 0.15) is 11.9 Å². The summed E-state index contributed by atoms with van der Waals surface area (Å²) in [4.78, 5) is 13.0. The number of halogens is 3. The van der Waals surface area contributed by atoms with E-state index in [0.29, 0.717) is 28.2 Å². The van der Waals surface area contributed by atoms with Crippen molar-refractivity contribution in [2.24, 2.45) is 5.41 Å². The summed E-state index contributed by atoms with van der Waals surface area (Å²) in [5.41, 5.74) is 2.51. The maximum absolute atomic E-state index is 13.0. The van der Waals surface area contributed by atoms with E-state index in [2.05, 4.69) is 21.0 Å². The van der Waals surface area contributed by atoms with Crippen LogP contribution in [0, 0.1) is 12.3 Å². The molecule has 0 atom stereocenters. The minimum absolute atomic E-state index is 0.0607. The number of amides is 2. The van der Waals surface area contributed by atoms with E-state index in [-0.39, 0.29) is 30.5 Å². The van der Waals surface area contributed by atoms with Crippen molar-refractivity contribution in [1.29, 1.82) is 0 Å². The first-order valence-electron chi connectivity index (χ1n) is 12.7. The molecule has 1 saturated heterocycles. The Labute approximate surface area is 224 Å². The highest BCUT2D eigenvalue weighted by atomic mass is 19.4. The van der Waals surface area contributed by atoms with Crippen LogP contribution >= 0.6 is 0 Å². The molecule has 208 valence electrons. The lowest BCUT2D eigenvalue weighted by Crippen LogP contribution is -2.62. The van der Waals surface area contributed by atoms with Gasteiger partial charge in [0.25, 0.3) is 0 Å². The number of nitrogens with zero attached hydrogens (tertiary/aromatic N) is 2. The summed E-state index contributed by atoms with van der Waals surface area (Å²) in [6, 6.07) is 13.1. The predicted molar refractivity (Wildman–Crippen MR) is 140 cm³/mol. The van der Waals surface area contributed by atoms with E-state index >= 15 is 0 Å². The minimum Gasteiger partial charge on any atom is -0.473 e. The molecule has 1 saturated carbocycles. The fourth-order valence-corrected chi connectivity index (χ4v) is 5.06. The number of para-hydroxylation sites is 1. The van der Waals surface area contributed by atoms with Gasteiger partial charge in [0, 0.05) is 37.8 Å². The van der Waals surface area contributed by atoms with Crippen LogP contribution in [0.4, 0.5) is 29.5 Å². The molecular formula is C27H31F3N6O3. The third-order valence-electron chi connectivity index (χ3n) is 7.11. The van der Waals surface area contributed by atoms with E-state index in [1.54, 1.807) is 10.7 Å². The lowest BCUT2D eigenvalue weighted by molar-refractivity contribution is -0.1000. The molecule has 5 rings (SSSR count). The lowest BCUT2D eigenvalue weighted by Gasteiger charge is -2.53. The molecule has 1 aliphatic heterocycles. The van der Waals surface area contributed by atoms with Crippen molar-refractivity contribution in [3.05, 3.63) is 65.2 Å². The van der Waals surface area contributed by atoms with Gasteiger partial charge in [-0.25, -0.2) is 9.48 Å².